The molecule has 4 heteroatoms. The smallest absolute Gasteiger partial charge is 0.164 e. The van der Waals surface area contributed by atoms with Crippen LogP contribution in [0.15, 0.2) is 156 Å². The molecule has 9 aromatic rings. The molecular weight excluding hydrogens is 550 g/mol. The van der Waals surface area contributed by atoms with E-state index in [0.717, 1.165) is 54.8 Å². The highest BCUT2D eigenvalue weighted by Crippen LogP contribution is 2.37. The lowest BCUT2D eigenvalue weighted by molar-refractivity contribution is 0.669. The van der Waals surface area contributed by atoms with E-state index in [4.69, 9.17) is 19.4 Å². The number of nitrogens with zero attached hydrogens (tertiary/aromatic N) is 3. The Morgan fingerprint density at radius 2 is 0.889 bits per heavy atom. The molecule has 0 unspecified atom stereocenters. The lowest BCUT2D eigenvalue weighted by Crippen LogP contribution is -2.00. The molecule has 0 aliphatic rings. The van der Waals surface area contributed by atoms with Gasteiger partial charge in [0.25, 0.3) is 0 Å². The third-order valence-electron chi connectivity index (χ3n) is 8.51. The highest BCUT2D eigenvalue weighted by molar-refractivity contribution is 6.10. The molecule has 0 fully saturated rings. The zero-order chi connectivity index (χ0) is 29.7. The first kappa shape index (κ1) is 25.4. The summed E-state index contributed by atoms with van der Waals surface area (Å²) in [6.45, 7) is 0. The fourth-order valence-electron chi connectivity index (χ4n) is 6.31. The summed E-state index contributed by atoms with van der Waals surface area (Å²) >= 11 is 0. The summed E-state index contributed by atoms with van der Waals surface area (Å²) < 4.78 is 6.39. The third kappa shape index (κ3) is 4.35. The van der Waals surface area contributed by atoms with Gasteiger partial charge in [-0.1, -0.05) is 121 Å². The molecule has 0 saturated carbocycles. The van der Waals surface area contributed by atoms with Gasteiger partial charge in [-0.2, -0.15) is 0 Å². The van der Waals surface area contributed by atoms with Gasteiger partial charge >= 0.3 is 0 Å². The van der Waals surface area contributed by atoms with Gasteiger partial charge in [0.05, 0.1) is 0 Å². The zero-order valence-corrected chi connectivity index (χ0v) is 24.2. The Morgan fingerprint density at radius 3 is 1.64 bits per heavy atom. The van der Waals surface area contributed by atoms with Crippen LogP contribution >= 0.6 is 0 Å². The summed E-state index contributed by atoms with van der Waals surface area (Å²) in [6.07, 6.45) is 0. The maximum Gasteiger partial charge on any atom is 0.164 e. The second-order valence-corrected chi connectivity index (χ2v) is 11.3. The second kappa shape index (κ2) is 10.2. The maximum absolute atomic E-state index is 6.39. The summed E-state index contributed by atoms with van der Waals surface area (Å²) in [4.78, 5) is 15.1. The van der Waals surface area contributed by atoms with E-state index in [9.17, 15) is 0 Å². The van der Waals surface area contributed by atoms with E-state index in [2.05, 4.69) is 109 Å². The van der Waals surface area contributed by atoms with E-state index in [0.29, 0.717) is 17.5 Å². The van der Waals surface area contributed by atoms with E-state index in [1.165, 1.54) is 16.5 Å². The number of benzene rings is 7. The Morgan fingerprint density at radius 1 is 0.333 bits per heavy atom. The normalized spacial score (nSPS) is 11.6. The van der Waals surface area contributed by atoms with Gasteiger partial charge in [-0.15, -0.1) is 0 Å². The quantitative estimate of drug-likeness (QED) is 0.209. The Hall–Kier alpha value is -6.13. The van der Waals surface area contributed by atoms with Crippen molar-refractivity contribution in [3.05, 3.63) is 152 Å². The van der Waals surface area contributed by atoms with Gasteiger partial charge in [-0.25, -0.2) is 15.0 Å². The molecule has 0 radical (unpaired) electrons. The molecule has 0 saturated heterocycles. The lowest BCUT2D eigenvalue weighted by atomic mass is 9.94. The summed E-state index contributed by atoms with van der Waals surface area (Å²) in [5, 5.41) is 6.76. The van der Waals surface area contributed by atoms with Crippen LogP contribution in [0.25, 0.3) is 88.8 Å². The van der Waals surface area contributed by atoms with Gasteiger partial charge in [0.15, 0.2) is 17.5 Å². The largest absolute Gasteiger partial charge is 0.456 e. The van der Waals surface area contributed by atoms with Crippen molar-refractivity contribution in [2.24, 2.45) is 0 Å². The van der Waals surface area contributed by atoms with Crippen LogP contribution in [0.1, 0.15) is 0 Å². The van der Waals surface area contributed by atoms with E-state index in [1.54, 1.807) is 0 Å². The minimum atomic E-state index is 0.600. The van der Waals surface area contributed by atoms with Crippen molar-refractivity contribution in [1.82, 2.24) is 15.0 Å². The van der Waals surface area contributed by atoms with Crippen LogP contribution in [-0.2, 0) is 0 Å². The number of fused-ring (bicyclic) bond motifs is 5. The highest BCUT2D eigenvalue weighted by Gasteiger charge is 2.17. The lowest BCUT2D eigenvalue weighted by Gasteiger charge is -2.13. The molecule has 2 aromatic heterocycles. The predicted molar refractivity (Wildman–Crippen MR) is 184 cm³/mol. The van der Waals surface area contributed by atoms with Crippen molar-refractivity contribution in [2.75, 3.05) is 0 Å². The van der Waals surface area contributed by atoms with Gasteiger partial charge in [-0.05, 0) is 63.0 Å². The SMILES string of the molecule is c1ccc(-c2nc(-c3ccc4c(c3)oc3cc5ccccc5cc34)nc(-c3ccc(-c4ccccc4)c4ccccc34)n2)cc1. The predicted octanol–water partition coefficient (Wildman–Crippen LogP) is 10.7. The van der Waals surface area contributed by atoms with Crippen LogP contribution in [-0.4, -0.2) is 15.0 Å². The van der Waals surface area contributed by atoms with Crippen molar-refractivity contribution in [1.29, 1.82) is 0 Å². The fraction of sp³-hybridized carbons (Fsp3) is 0. The van der Waals surface area contributed by atoms with Crippen molar-refractivity contribution >= 4 is 43.5 Å². The van der Waals surface area contributed by atoms with Crippen molar-refractivity contribution in [2.45, 2.75) is 0 Å². The van der Waals surface area contributed by atoms with E-state index >= 15 is 0 Å². The average Bonchev–Trinajstić information content (AvgIpc) is 3.47. The van der Waals surface area contributed by atoms with Gasteiger partial charge in [-0.3, -0.25) is 0 Å². The molecule has 2 heterocycles. The van der Waals surface area contributed by atoms with Crippen molar-refractivity contribution in [3.8, 4) is 45.3 Å². The van der Waals surface area contributed by atoms with Crippen molar-refractivity contribution in [3.63, 3.8) is 0 Å². The van der Waals surface area contributed by atoms with Crippen molar-refractivity contribution < 1.29 is 4.42 Å². The molecule has 0 bridgehead atoms. The number of aromatic nitrogens is 3. The van der Waals surface area contributed by atoms with Gasteiger partial charge in [0.1, 0.15) is 11.2 Å². The second-order valence-electron chi connectivity index (χ2n) is 11.3. The van der Waals surface area contributed by atoms with Crippen LogP contribution in [0.5, 0.6) is 0 Å². The average molecular weight is 576 g/mol. The molecule has 7 aromatic carbocycles. The zero-order valence-electron chi connectivity index (χ0n) is 24.2. The minimum Gasteiger partial charge on any atom is -0.456 e. The number of hydrogen-bond acceptors (Lipinski definition) is 4. The Labute approximate surface area is 259 Å². The topological polar surface area (TPSA) is 51.8 Å². The molecule has 0 amide bonds. The van der Waals surface area contributed by atoms with E-state index in [-0.39, 0.29) is 0 Å². The first-order chi connectivity index (χ1) is 22.3. The van der Waals surface area contributed by atoms with Crippen LogP contribution in [0.3, 0.4) is 0 Å². The van der Waals surface area contributed by atoms with Gasteiger partial charge in [0, 0.05) is 27.5 Å². The summed E-state index contributed by atoms with van der Waals surface area (Å²) in [6, 6.07) is 52.2. The molecule has 0 atom stereocenters. The van der Waals surface area contributed by atoms with Crippen LogP contribution in [0, 0.1) is 0 Å². The summed E-state index contributed by atoms with van der Waals surface area (Å²) in [5.74, 6) is 1.86. The summed E-state index contributed by atoms with van der Waals surface area (Å²) in [5.41, 5.74) is 6.79. The monoisotopic (exact) mass is 575 g/mol. The van der Waals surface area contributed by atoms with Gasteiger partial charge in [0.2, 0.25) is 0 Å². The third-order valence-corrected chi connectivity index (χ3v) is 8.51. The highest BCUT2D eigenvalue weighted by atomic mass is 16.3. The molecule has 0 aliphatic carbocycles. The number of furan rings is 1. The standard InChI is InChI=1S/C41H25N3O/c1-3-11-26(12-4-1)31-21-22-35(33-18-10-9-17-32(31)33)41-43-39(27-13-5-2-6-14-27)42-40(44-41)30-19-20-34-36-23-28-15-7-8-16-29(28)24-38(36)45-37(34)25-30/h1-25H. The molecule has 4 nitrogen and oxygen atoms in total. The Bertz CT molecular complexity index is 2540. The molecule has 210 valence electrons. The molecule has 0 spiro atoms. The minimum absolute atomic E-state index is 0.600. The van der Waals surface area contributed by atoms with Gasteiger partial charge < -0.3 is 4.42 Å². The molecule has 45 heavy (non-hydrogen) atoms. The maximum atomic E-state index is 6.39. The fourth-order valence-corrected chi connectivity index (χ4v) is 6.31. The Balaban J connectivity index is 1.24. The van der Waals surface area contributed by atoms with Crippen LogP contribution in [0.2, 0.25) is 0 Å². The first-order valence-electron chi connectivity index (χ1n) is 15.0. The van der Waals surface area contributed by atoms with Crippen LogP contribution in [0.4, 0.5) is 0 Å². The number of hydrogen-bond donors (Lipinski definition) is 0. The molecular formula is C41H25N3O. The molecule has 0 N–H and O–H groups in total. The number of rotatable bonds is 4. The summed E-state index contributed by atoms with van der Waals surface area (Å²) in [7, 11) is 0. The van der Waals surface area contributed by atoms with Crippen LogP contribution < -0.4 is 0 Å². The Kier molecular flexibility index (Phi) is 5.78. The molecule has 9 rings (SSSR count). The van der Waals surface area contributed by atoms with E-state index in [1.807, 2.05) is 42.5 Å². The molecule has 0 aliphatic heterocycles. The first-order valence-corrected chi connectivity index (χ1v) is 15.0. The van der Waals surface area contributed by atoms with E-state index < -0.39 is 0 Å².